The van der Waals surface area contributed by atoms with Crippen LogP contribution in [0.25, 0.3) is 0 Å². The molecule has 1 heterocycles. The maximum atomic E-state index is 6.43. The van der Waals surface area contributed by atoms with Crippen molar-refractivity contribution in [3.8, 4) is 0 Å². The lowest BCUT2D eigenvalue weighted by Gasteiger charge is -2.62. The predicted molar refractivity (Wildman–Crippen MR) is 115 cm³/mol. The van der Waals surface area contributed by atoms with Gasteiger partial charge in [-0.05, 0) is 97.2 Å². The summed E-state index contributed by atoms with van der Waals surface area (Å²) in [4.78, 5) is 0. The number of halogens is 1. The fourth-order valence-electron chi connectivity index (χ4n) is 10.6. The number of rotatable bonds is 2. The Morgan fingerprint density at radius 1 is 0.929 bits per heavy atom. The number of alkyl halides is 1. The zero-order valence-electron chi connectivity index (χ0n) is 18.1. The van der Waals surface area contributed by atoms with Crippen molar-refractivity contribution in [3.63, 3.8) is 0 Å². The normalized spacial score (nSPS) is 60.6. The van der Waals surface area contributed by atoms with Gasteiger partial charge in [0.25, 0.3) is 0 Å². The van der Waals surface area contributed by atoms with E-state index in [1.54, 1.807) is 0 Å². The van der Waals surface area contributed by atoms with Crippen LogP contribution in [0.2, 0.25) is 0 Å². The molecule has 3 heteroatoms. The second kappa shape index (κ2) is 6.22. The third kappa shape index (κ3) is 2.08. The third-order valence-electron chi connectivity index (χ3n) is 11.7. The lowest BCUT2D eigenvalue weighted by Crippen LogP contribution is -2.58. The molecule has 2 nitrogen and oxygen atoms in total. The van der Waals surface area contributed by atoms with Gasteiger partial charge in [-0.25, -0.2) is 0 Å². The molecule has 0 aromatic carbocycles. The number of hydrogen-bond donors (Lipinski definition) is 0. The molecular weight excluding hydrogens is 412 g/mol. The molecule has 0 N–H and O–H groups in total. The topological polar surface area (TPSA) is 18.5 Å². The summed E-state index contributed by atoms with van der Waals surface area (Å²) in [7, 11) is 0. The Kier molecular flexibility index (Phi) is 4.25. The molecule has 6 fully saturated rings. The van der Waals surface area contributed by atoms with Gasteiger partial charge in [0.15, 0.2) is 0 Å². The summed E-state index contributed by atoms with van der Waals surface area (Å²) < 4.78 is 12.4. The molecule has 0 radical (unpaired) electrons. The molecule has 1 aliphatic heterocycles. The van der Waals surface area contributed by atoms with E-state index in [1.165, 1.54) is 50.3 Å². The van der Waals surface area contributed by atoms with Crippen LogP contribution in [0, 0.1) is 57.7 Å². The zero-order valence-corrected chi connectivity index (χ0v) is 19.7. The Morgan fingerprint density at radius 3 is 2.57 bits per heavy atom. The van der Waals surface area contributed by atoms with Crippen LogP contribution in [0.4, 0.5) is 0 Å². The quantitative estimate of drug-likeness (QED) is 0.485. The molecule has 0 bridgehead atoms. The summed E-state index contributed by atoms with van der Waals surface area (Å²) in [5, 5.41) is 1.18. The minimum absolute atomic E-state index is 0.457. The van der Waals surface area contributed by atoms with Crippen LogP contribution in [-0.4, -0.2) is 31.3 Å². The highest BCUT2D eigenvalue weighted by atomic mass is 79.9. The van der Waals surface area contributed by atoms with Crippen molar-refractivity contribution in [2.75, 3.05) is 25.2 Å². The van der Waals surface area contributed by atoms with Gasteiger partial charge in [0.05, 0.1) is 19.3 Å². The maximum Gasteiger partial charge on any atom is 0.0704 e. The first-order valence-electron chi connectivity index (χ1n) is 12.2. The first kappa shape index (κ1) is 19.1. The van der Waals surface area contributed by atoms with Gasteiger partial charge in [0.1, 0.15) is 0 Å². The summed E-state index contributed by atoms with van der Waals surface area (Å²) in [6, 6.07) is 0. The van der Waals surface area contributed by atoms with Crippen molar-refractivity contribution in [2.24, 2.45) is 57.7 Å². The van der Waals surface area contributed by atoms with Gasteiger partial charge < -0.3 is 9.47 Å². The lowest BCUT2D eigenvalue weighted by molar-refractivity contribution is -0.173. The fourth-order valence-corrected chi connectivity index (χ4v) is 11.0. The Balaban J connectivity index is 1.35. The van der Waals surface area contributed by atoms with E-state index in [2.05, 4.69) is 36.7 Å². The molecule has 158 valence electrons. The SMILES string of the molecule is C[C@H](CBr)C1CCC2C3CC4C5C[C@@H]6OCCOCC[C@](C)(C3CC[C@@]21C)[C@@]456. The van der Waals surface area contributed by atoms with E-state index < -0.39 is 0 Å². The molecule has 5 aliphatic carbocycles. The molecule has 6 aliphatic rings. The summed E-state index contributed by atoms with van der Waals surface area (Å²) in [5.74, 6) is 6.56. The van der Waals surface area contributed by atoms with Crippen molar-refractivity contribution in [3.05, 3.63) is 0 Å². The van der Waals surface area contributed by atoms with Crippen LogP contribution in [0.3, 0.4) is 0 Å². The minimum atomic E-state index is 0.457. The van der Waals surface area contributed by atoms with Crippen molar-refractivity contribution < 1.29 is 9.47 Å². The standard InChI is InChI=1S/C25H39BrO2/c1-15(14-26)17-4-5-18-16-12-20-21-13-22-25(20,21)24(3,8-9-27-10-11-28-22)19(16)6-7-23(17,18)2/h15-22H,4-14H2,1-3H3/t15-,16?,17?,18?,19?,20?,21?,22+,23-,24-,25+/m1/s1. The lowest BCUT2D eigenvalue weighted by atomic mass is 9.44. The van der Waals surface area contributed by atoms with Gasteiger partial charge in [-0.15, -0.1) is 0 Å². The van der Waals surface area contributed by atoms with Gasteiger partial charge in [-0.3, -0.25) is 0 Å². The minimum Gasteiger partial charge on any atom is -0.379 e. The van der Waals surface area contributed by atoms with Crippen LogP contribution >= 0.6 is 15.9 Å². The molecule has 1 spiro atoms. The number of hydrogen-bond acceptors (Lipinski definition) is 2. The van der Waals surface area contributed by atoms with Gasteiger partial charge in [-0.1, -0.05) is 36.7 Å². The fraction of sp³-hybridized carbons (Fsp3) is 1.00. The van der Waals surface area contributed by atoms with E-state index in [0.717, 1.165) is 61.2 Å². The Labute approximate surface area is 180 Å². The second-order valence-corrected chi connectivity index (χ2v) is 12.6. The highest BCUT2D eigenvalue weighted by molar-refractivity contribution is 9.09. The average molecular weight is 451 g/mol. The van der Waals surface area contributed by atoms with Crippen LogP contribution < -0.4 is 0 Å². The predicted octanol–water partition coefficient (Wildman–Crippen LogP) is 5.93. The Morgan fingerprint density at radius 2 is 1.75 bits per heavy atom. The summed E-state index contributed by atoms with van der Waals surface area (Å²) in [6.45, 7) is 10.5. The molecule has 0 aromatic rings. The Hall–Kier alpha value is 0.400. The molecule has 28 heavy (non-hydrogen) atoms. The van der Waals surface area contributed by atoms with Gasteiger partial charge >= 0.3 is 0 Å². The van der Waals surface area contributed by atoms with E-state index in [0.29, 0.717) is 22.3 Å². The summed E-state index contributed by atoms with van der Waals surface area (Å²) >= 11 is 3.81. The third-order valence-corrected chi connectivity index (χ3v) is 12.7. The highest BCUT2D eigenvalue weighted by Gasteiger charge is 2.85. The molecule has 0 amide bonds. The average Bonchev–Trinajstić information content (AvgIpc) is 2.99. The largest absolute Gasteiger partial charge is 0.379 e. The van der Waals surface area contributed by atoms with Gasteiger partial charge in [0, 0.05) is 17.4 Å². The molecule has 6 rings (SSSR count). The first-order valence-corrected chi connectivity index (χ1v) is 13.4. The molecular formula is C25H39BrO2. The van der Waals surface area contributed by atoms with Crippen LogP contribution in [-0.2, 0) is 9.47 Å². The van der Waals surface area contributed by atoms with Crippen LogP contribution in [0.15, 0.2) is 0 Å². The highest BCUT2D eigenvalue weighted by Crippen LogP contribution is 2.87. The van der Waals surface area contributed by atoms with Crippen molar-refractivity contribution in [1.29, 1.82) is 0 Å². The van der Waals surface area contributed by atoms with E-state index in [4.69, 9.17) is 9.47 Å². The van der Waals surface area contributed by atoms with Crippen molar-refractivity contribution in [2.45, 2.75) is 71.8 Å². The molecule has 5 saturated carbocycles. The molecule has 0 aromatic heterocycles. The number of ether oxygens (including phenoxy) is 2. The van der Waals surface area contributed by atoms with E-state index >= 15 is 0 Å². The maximum absolute atomic E-state index is 6.43. The van der Waals surface area contributed by atoms with Crippen molar-refractivity contribution in [1.82, 2.24) is 0 Å². The summed E-state index contributed by atoms with van der Waals surface area (Å²) in [5.41, 5.74) is 1.59. The van der Waals surface area contributed by atoms with Crippen LogP contribution in [0.5, 0.6) is 0 Å². The monoisotopic (exact) mass is 450 g/mol. The molecule has 1 saturated heterocycles. The second-order valence-electron chi connectivity index (χ2n) is 12.0. The van der Waals surface area contributed by atoms with Crippen molar-refractivity contribution >= 4 is 15.9 Å². The van der Waals surface area contributed by atoms with E-state index in [1.807, 2.05) is 0 Å². The zero-order chi connectivity index (χ0) is 19.3. The molecule has 6 unspecified atom stereocenters. The number of fused-ring (bicyclic) bond motifs is 5. The van der Waals surface area contributed by atoms with Crippen LogP contribution in [0.1, 0.15) is 65.7 Å². The van der Waals surface area contributed by atoms with E-state index in [9.17, 15) is 0 Å². The van der Waals surface area contributed by atoms with E-state index in [-0.39, 0.29) is 0 Å². The smallest absolute Gasteiger partial charge is 0.0704 e. The molecule has 11 atom stereocenters. The summed E-state index contributed by atoms with van der Waals surface area (Å²) in [6.07, 6.45) is 10.6. The Bertz CT molecular complexity index is 652. The van der Waals surface area contributed by atoms with Gasteiger partial charge in [0.2, 0.25) is 0 Å². The first-order chi connectivity index (χ1) is 13.5. The van der Waals surface area contributed by atoms with Gasteiger partial charge in [-0.2, -0.15) is 0 Å².